The normalized spacial score (nSPS) is 8.56. The molecule has 0 unspecified atom stereocenters. The number of hydrogen-bond donors (Lipinski definition) is 0. The Hall–Kier alpha value is -0.830. The van der Waals surface area contributed by atoms with Gasteiger partial charge in [-0.3, -0.25) is 4.79 Å². The maximum absolute atomic E-state index is 10.2. The van der Waals surface area contributed by atoms with Gasteiger partial charge in [0.2, 0.25) is 0 Å². The van der Waals surface area contributed by atoms with Crippen molar-refractivity contribution in [3.05, 3.63) is 12.8 Å². The van der Waals surface area contributed by atoms with E-state index in [9.17, 15) is 4.79 Å². The number of ketones is 1. The molecule has 0 fully saturated rings. The summed E-state index contributed by atoms with van der Waals surface area (Å²) in [7, 11) is 0. The molecule has 0 aliphatic carbocycles. The van der Waals surface area contributed by atoms with E-state index in [1.807, 2.05) is 0 Å². The van der Waals surface area contributed by atoms with Crippen molar-refractivity contribution in [1.29, 1.82) is 0 Å². The lowest BCUT2D eigenvalue weighted by molar-refractivity contribution is -0.247. The van der Waals surface area contributed by atoms with Crippen LogP contribution in [0.3, 0.4) is 0 Å². The molecular formula is C6H10O3. The first-order valence-electron chi connectivity index (χ1n) is 2.66. The molecule has 0 aromatic carbocycles. The van der Waals surface area contributed by atoms with Crippen LogP contribution in [0, 0.1) is 0 Å². The molecule has 0 rings (SSSR count). The second-order valence-electron chi connectivity index (χ2n) is 1.54. The fourth-order valence-corrected chi connectivity index (χ4v) is 0.282. The van der Waals surface area contributed by atoms with Gasteiger partial charge in [-0.1, -0.05) is 6.58 Å². The zero-order valence-electron chi connectivity index (χ0n) is 5.42. The van der Waals surface area contributed by atoms with Crippen LogP contribution in [0.25, 0.3) is 0 Å². The largest absolute Gasteiger partial charge is 0.346 e. The summed E-state index contributed by atoms with van der Waals surface area (Å²) in [6, 6.07) is 0. The van der Waals surface area contributed by atoms with Gasteiger partial charge in [0.15, 0.2) is 0 Å². The quantitative estimate of drug-likeness (QED) is 0.241. The van der Waals surface area contributed by atoms with Crippen LogP contribution in [0.4, 0.5) is 0 Å². The maximum Gasteiger partial charge on any atom is 0.132 e. The Morgan fingerprint density at radius 3 is 2.89 bits per heavy atom. The van der Waals surface area contributed by atoms with E-state index < -0.39 is 0 Å². The number of carbonyl (C=O) groups is 1. The van der Waals surface area contributed by atoms with E-state index in [1.54, 1.807) is 0 Å². The first kappa shape index (κ1) is 8.17. The summed E-state index contributed by atoms with van der Waals surface area (Å²) in [5.41, 5.74) is 0. The predicted molar refractivity (Wildman–Crippen MR) is 32.5 cm³/mol. The number of rotatable bonds is 5. The Kier molecular flexibility index (Phi) is 4.82. The van der Waals surface area contributed by atoms with Crippen molar-refractivity contribution < 1.29 is 14.6 Å². The minimum Gasteiger partial charge on any atom is -0.346 e. The molecule has 0 saturated carbocycles. The molecule has 0 aromatic rings. The number of hydrogen-bond acceptors (Lipinski definition) is 3. The molecule has 3 nitrogen and oxygen atoms in total. The number of Topliss-reactive ketones (excluding diaryl/α,β-unsaturated/α-hetero) is 1. The van der Waals surface area contributed by atoms with Crippen molar-refractivity contribution in [3.8, 4) is 0 Å². The van der Waals surface area contributed by atoms with Gasteiger partial charge in [0, 0.05) is 6.42 Å². The van der Waals surface area contributed by atoms with E-state index in [-0.39, 0.29) is 5.78 Å². The average Bonchev–Trinajstić information content (AvgIpc) is 1.80. The first-order chi connectivity index (χ1) is 4.27. The van der Waals surface area contributed by atoms with Gasteiger partial charge < -0.3 is 4.89 Å². The van der Waals surface area contributed by atoms with Crippen LogP contribution in [0.2, 0.25) is 0 Å². The van der Waals surface area contributed by atoms with E-state index in [4.69, 9.17) is 0 Å². The molecular weight excluding hydrogens is 120 g/mol. The molecule has 0 saturated heterocycles. The molecule has 0 aliphatic heterocycles. The molecule has 0 spiro atoms. The van der Waals surface area contributed by atoms with Crippen LogP contribution in [-0.4, -0.2) is 12.4 Å². The standard InChI is InChI=1S/C6H10O3/c1-3-8-9-5-4-6(2)7/h3H,1,4-5H2,2H3. The van der Waals surface area contributed by atoms with E-state index >= 15 is 0 Å². The minimum absolute atomic E-state index is 0.0858. The van der Waals surface area contributed by atoms with Gasteiger partial charge in [-0.05, 0) is 6.92 Å². The van der Waals surface area contributed by atoms with Crippen LogP contribution in [0.5, 0.6) is 0 Å². The lowest BCUT2D eigenvalue weighted by atomic mass is 10.3. The second-order valence-corrected chi connectivity index (χ2v) is 1.54. The van der Waals surface area contributed by atoms with E-state index in [1.165, 1.54) is 13.2 Å². The second kappa shape index (κ2) is 5.31. The molecule has 0 atom stereocenters. The minimum atomic E-state index is 0.0858. The van der Waals surface area contributed by atoms with Crippen molar-refractivity contribution in [1.82, 2.24) is 0 Å². The van der Waals surface area contributed by atoms with E-state index in [2.05, 4.69) is 16.4 Å². The van der Waals surface area contributed by atoms with Crippen LogP contribution in [0.15, 0.2) is 12.8 Å². The van der Waals surface area contributed by atoms with Gasteiger partial charge in [0.25, 0.3) is 0 Å². The molecule has 0 amide bonds. The lowest BCUT2D eigenvalue weighted by Gasteiger charge is -1.95. The van der Waals surface area contributed by atoms with Crippen molar-refractivity contribution in [2.24, 2.45) is 0 Å². The summed E-state index contributed by atoms with van der Waals surface area (Å²) in [6.45, 7) is 5.04. The summed E-state index contributed by atoms with van der Waals surface area (Å²) in [4.78, 5) is 19.0. The van der Waals surface area contributed by atoms with Crippen molar-refractivity contribution in [3.63, 3.8) is 0 Å². The Morgan fingerprint density at radius 1 is 1.78 bits per heavy atom. The van der Waals surface area contributed by atoms with Gasteiger partial charge >= 0.3 is 0 Å². The molecule has 0 radical (unpaired) electrons. The molecule has 52 valence electrons. The molecule has 0 heterocycles. The van der Waals surface area contributed by atoms with Crippen LogP contribution in [0.1, 0.15) is 13.3 Å². The Balaban J connectivity index is 2.91. The predicted octanol–water partition coefficient (Wildman–Crippen LogP) is 1.06. The highest BCUT2D eigenvalue weighted by molar-refractivity contribution is 5.75. The van der Waals surface area contributed by atoms with Crippen molar-refractivity contribution >= 4 is 5.78 Å². The summed E-state index contributed by atoms with van der Waals surface area (Å²) >= 11 is 0. The van der Waals surface area contributed by atoms with Gasteiger partial charge in [-0.15, -0.1) is 0 Å². The highest BCUT2D eigenvalue weighted by Crippen LogP contribution is 1.84. The van der Waals surface area contributed by atoms with Gasteiger partial charge in [0.1, 0.15) is 18.7 Å². The maximum atomic E-state index is 10.2. The first-order valence-corrected chi connectivity index (χ1v) is 2.66. The molecule has 0 bridgehead atoms. The molecule has 0 aliphatic rings. The van der Waals surface area contributed by atoms with Crippen LogP contribution in [-0.2, 0) is 14.6 Å². The Bertz CT molecular complexity index is 98.5. The fraction of sp³-hybridized carbons (Fsp3) is 0.500. The highest BCUT2D eigenvalue weighted by Gasteiger charge is 1.91. The van der Waals surface area contributed by atoms with Crippen LogP contribution < -0.4 is 0 Å². The monoisotopic (exact) mass is 130 g/mol. The summed E-state index contributed by atoms with van der Waals surface area (Å²) in [5.74, 6) is 0.0858. The zero-order chi connectivity index (χ0) is 7.11. The smallest absolute Gasteiger partial charge is 0.132 e. The topological polar surface area (TPSA) is 35.5 Å². The SMILES string of the molecule is C=COOCCC(C)=O. The van der Waals surface area contributed by atoms with Crippen LogP contribution >= 0.6 is 0 Å². The molecule has 3 heteroatoms. The zero-order valence-corrected chi connectivity index (χ0v) is 5.42. The summed E-state index contributed by atoms with van der Waals surface area (Å²) in [6.07, 6.45) is 1.55. The molecule has 0 N–H and O–H groups in total. The number of carbonyl (C=O) groups excluding carboxylic acids is 1. The molecule has 9 heavy (non-hydrogen) atoms. The average molecular weight is 130 g/mol. The van der Waals surface area contributed by atoms with Crippen molar-refractivity contribution in [2.75, 3.05) is 6.61 Å². The third-order valence-electron chi connectivity index (χ3n) is 0.674. The summed E-state index contributed by atoms with van der Waals surface area (Å²) < 4.78 is 0. The Labute approximate surface area is 54.2 Å². The van der Waals surface area contributed by atoms with Gasteiger partial charge in [-0.25, -0.2) is 0 Å². The van der Waals surface area contributed by atoms with E-state index in [0.717, 1.165) is 0 Å². The van der Waals surface area contributed by atoms with E-state index in [0.29, 0.717) is 13.0 Å². The van der Waals surface area contributed by atoms with Crippen molar-refractivity contribution in [2.45, 2.75) is 13.3 Å². The third kappa shape index (κ3) is 7.17. The van der Waals surface area contributed by atoms with Gasteiger partial charge in [-0.2, -0.15) is 4.89 Å². The Morgan fingerprint density at radius 2 is 2.44 bits per heavy atom. The molecule has 0 aromatic heterocycles. The third-order valence-corrected chi connectivity index (χ3v) is 0.674. The summed E-state index contributed by atoms with van der Waals surface area (Å²) in [5, 5.41) is 0. The highest BCUT2D eigenvalue weighted by atomic mass is 17.2. The van der Waals surface area contributed by atoms with Gasteiger partial charge in [0.05, 0.1) is 0 Å². The lowest BCUT2D eigenvalue weighted by Crippen LogP contribution is -1.98. The fourth-order valence-electron chi connectivity index (χ4n) is 0.282.